The number of halogens is 6. The quantitative estimate of drug-likeness (QED) is 0.671. The Morgan fingerprint density at radius 2 is 0.957 bits per heavy atom. The largest absolute Gasteiger partial charge is 0.426 e. The van der Waals surface area contributed by atoms with E-state index in [4.69, 9.17) is 0 Å². The lowest BCUT2D eigenvalue weighted by atomic mass is 9.76. The van der Waals surface area contributed by atoms with E-state index in [1.807, 2.05) is 0 Å². The summed E-state index contributed by atoms with van der Waals surface area (Å²) in [4.78, 5) is 0. The zero-order chi connectivity index (χ0) is 17.7. The van der Waals surface area contributed by atoms with E-state index >= 15 is 0 Å². The Hall–Kier alpha value is -0.500. The van der Waals surface area contributed by atoms with E-state index in [0.717, 1.165) is 25.7 Å². The molecular formula is C15H24F6O2. The molecule has 2 nitrogen and oxygen atoms in total. The van der Waals surface area contributed by atoms with Crippen LogP contribution in [0.15, 0.2) is 0 Å². The van der Waals surface area contributed by atoms with Crippen molar-refractivity contribution in [2.24, 2.45) is 5.92 Å². The van der Waals surface area contributed by atoms with E-state index in [9.17, 15) is 36.6 Å². The summed E-state index contributed by atoms with van der Waals surface area (Å²) < 4.78 is 78.2. The first-order chi connectivity index (χ1) is 10.5. The molecule has 0 aromatic rings. The maximum atomic E-state index is 13.0. The Bertz CT molecular complexity index is 339. The van der Waals surface area contributed by atoms with Crippen LogP contribution >= 0.6 is 0 Å². The number of aliphatic hydroxyl groups is 2. The molecule has 0 amide bonds. The summed E-state index contributed by atoms with van der Waals surface area (Å²) in [6.07, 6.45) is -9.18. The van der Waals surface area contributed by atoms with Crippen LogP contribution in [0, 0.1) is 5.92 Å². The Balaban J connectivity index is 3.06. The van der Waals surface area contributed by atoms with Gasteiger partial charge in [-0.2, -0.15) is 26.3 Å². The monoisotopic (exact) mass is 350 g/mol. The van der Waals surface area contributed by atoms with Crippen molar-refractivity contribution < 1.29 is 36.6 Å². The van der Waals surface area contributed by atoms with Crippen LogP contribution < -0.4 is 0 Å². The normalized spacial score (nSPS) is 27.1. The van der Waals surface area contributed by atoms with Gasteiger partial charge in [-0.25, -0.2) is 0 Å². The summed E-state index contributed by atoms with van der Waals surface area (Å²) in [6, 6.07) is 0. The van der Waals surface area contributed by atoms with Crippen LogP contribution in [-0.2, 0) is 0 Å². The average molecular weight is 350 g/mol. The summed E-state index contributed by atoms with van der Waals surface area (Å²) >= 11 is 0. The van der Waals surface area contributed by atoms with Crippen LogP contribution in [0.1, 0.15) is 64.2 Å². The Morgan fingerprint density at radius 1 is 0.609 bits per heavy atom. The molecule has 0 bridgehead atoms. The summed E-state index contributed by atoms with van der Waals surface area (Å²) in [5, 5.41) is 19.5. The van der Waals surface area contributed by atoms with Crippen LogP contribution in [-0.4, -0.2) is 34.3 Å². The molecule has 0 aromatic carbocycles. The number of rotatable bonds is 1. The van der Waals surface area contributed by atoms with Gasteiger partial charge in [0, 0.05) is 5.92 Å². The highest BCUT2D eigenvalue weighted by Crippen LogP contribution is 2.50. The van der Waals surface area contributed by atoms with Gasteiger partial charge in [0.1, 0.15) is 0 Å². The standard InChI is InChI=1S/C15H24F6O2/c16-14(17,18)13(23,15(19,20)21)11-9-7-5-3-1-2-4-6-8-10-12(11)22/h11-12,22-23H,1-10H2/t11-,12+/m0/s1. The highest BCUT2D eigenvalue weighted by Gasteiger charge is 2.74. The Morgan fingerprint density at radius 3 is 1.35 bits per heavy atom. The van der Waals surface area contributed by atoms with Gasteiger partial charge < -0.3 is 10.2 Å². The summed E-state index contributed by atoms with van der Waals surface area (Å²) in [6.45, 7) is 0. The Labute approximate surface area is 131 Å². The first-order valence-corrected chi connectivity index (χ1v) is 8.05. The van der Waals surface area contributed by atoms with Crippen molar-refractivity contribution >= 4 is 0 Å². The fourth-order valence-corrected chi connectivity index (χ4v) is 3.24. The van der Waals surface area contributed by atoms with Crippen molar-refractivity contribution in [1.29, 1.82) is 0 Å². The van der Waals surface area contributed by atoms with Gasteiger partial charge in [-0.15, -0.1) is 0 Å². The van der Waals surface area contributed by atoms with Crippen molar-refractivity contribution in [3.63, 3.8) is 0 Å². The molecule has 1 aliphatic carbocycles. The van der Waals surface area contributed by atoms with Crippen LogP contribution in [0.4, 0.5) is 26.3 Å². The van der Waals surface area contributed by atoms with Gasteiger partial charge in [0.2, 0.25) is 0 Å². The van der Waals surface area contributed by atoms with Crippen molar-refractivity contribution in [2.75, 3.05) is 0 Å². The molecule has 8 heteroatoms. The van der Waals surface area contributed by atoms with Crippen molar-refractivity contribution in [3.8, 4) is 0 Å². The second-order valence-corrected chi connectivity index (χ2v) is 6.34. The summed E-state index contributed by atoms with van der Waals surface area (Å²) in [5.74, 6) is -2.29. The van der Waals surface area contributed by atoms with Gasteiger partial charge in [-0.3, -0.25) is 0 Å². The fraction of sp³-hybridized carbons (Fsp3) is 1.00. The lowest BCUT2D eigenvalue weighted by Gasteiger charge is -2.41. The van der Waals surface area contributed by atoms with E-state index in [1.165, 1.54) is 0 Å². The number of hydrogen-bond acceptors (Lipinski definition) is 2. The molecule has 0 aliphatic heterocycles. The first-order valence-electron chi connectivity index (χ1n) is 8.05. The first kappa shape index (κ1) is 20.5. The van der Waals surface area contributed by atoms with E-state index < -0.39 is 36.4 Å². The minimum atomic E-state index is -5.88. The highest BCUT2D eigenvalue weighted by atomic mass is 19.4. The van der Waals surface area contributed by atoms with Crippen molar-refractivity contribution in [3.05, 3.63) is 0 Å². The van der Waals surface area contributed by atoms with E-state index in [-0.39, 0.29) is 12.8 Å². The molecule has 1 rings (SSSR count). The molecule has 0 spiro atoms. The molecule has 0 radical (unpaired) electrons. The lowest BCUT2D eigenvalue weighted by Crippen LogP contribution is -2.64. The molecule has 0 aromatic heterocycles. The van der Waals surface area contributed by atoms with E-state index in [2.05, 4.69) is 0 Å². The van der Waals surface area contributed by atoms with Crippen LogP contribution in [0.25, 0.3) is 0 Å². The molecule has 2 N–H and O–H groups in total. The Kier molecular flexibility index (Phi) is 7.19. The molecule has 2 atom stereocenters. The van der Waals surface area contributed by atoms with Gasteiger partial charge in [0.05, 0.1) is 6.10 Å². The predicted molar refractivity (Wildman–Crippen MR) is 72.7 cm³/mol. The zero-order valence-corrected chi connectivity index (χ0v) is 12.9. The van der Waals surface area contributed by atoms with Crippen LogP contribution in [0.5, 0.6) is 0 Å². The number of hydrogen-bond donors (Lipinski definition) is 2. The third-order valence-electron chi connectivity index (χ3n) is 4.63. The lowest BCUT2D eigenvalue weighted by molar-refractivity contribution is -0.392. The van der Waals surface area contributed by atoms with Gasteiger partial charge in [0.15, 0.2) is 0 Å². The van der Waals surface area contributed by atoms with Gasteiger partial charge in [-0.05, 0) is 12.8 Å². The third-order valence-corrected chi connectivity index (χ3v) is 4.63. The number of alkyl halides is 6. The maximum absolute atomic E-state index is 13.0. The molecule has 1 saturated carbocycles. The second kappa shape index (κ2) is 8.05. The third kappa shape index (κ3) is 4.98. The molecule has 0 heterocycles. The van der Waals surface area contributed by atoms with E-state index in [0.29, 0.717) is 19.3 Å². The van der Waals surface area contributed by atoms with Gasteiger partial charge >= 0.3 is 12.4 Å². The SMILES string of the molecule is O[C@@H]1CCCCCCCCCC[C@@H]1C(O)(C(F)(F)F)C(F)(F)F. The topological polar surface area (TPSA) is 40.5 Å². The average Bonchev–Trinajstić information content (AvgIpc) is 2.39. The minimum Gasteiger partial charge on any atom is -0.393 e. The van der Waals surface area contributed by atoms with Crippen molar-refractivity contribution in [1.82, 2.24) is 0 Å². The second-order valence-electron chi connectivity index (χ2n) is 6.34. The van der Waals surface area contributed by atoms with Crippen LogP contribution in [0.3, 0.4) is 0 Å². The minimum absolute atomic E-state index is 0.121. The van der Waals surface area contributed by atoms with Gasteiger partial charge in [-0.1, -0.05) is 51.4 Å². The molecular weight excluding hydrogens is 326 g/mol. The maximum Gasteiger partial charge on any atom is 0.426 e. The molecule has 23 heavy (non-hydrogen) atoms. The van der Waals surface area contributed by atoms with Crippen molar-refractivity contribution in [2.45, 2.75) is 88.3 Å². The number of aliphatic hydroxyl groups excluding tert-OH is 1. The molecule has 0 unspecified atom stereocenters. The fourth-order valence-electron chi connectivity index (χ4n) is 3.24. The zero-order valence-electron chi connectivity index (χ0n) is 12.9. The summed E-state index contributed by atoms with van der Waals surface area (Å²) in [5.41, 5.74) is -4.87. The smallest absolute Gasteiger partial charge is 0.393 e. The highest BCUT2D eigenvalue weighted by molar-refractivity contribution is 5.01. The molecule has 1 aliphatic rings. The predicted octanol–water partition coefficient (Wildman–Crippen LogP) is 4.73. The summed E-state index contributed by atoms with van der Waals surface area (Å²) in [7, 11) is 0. The molecule has 1 fully saturated rings. The molecule has 0 saturated heterocycles. The van der Waals surface area contributed by atoms with Gasteiger partial charge in [0.25, 0.3) is 5.60 Å². The van der Waals surface area contributed by atoms with Crippen LogP contribution in [0.2, 0.25) is 0 Å². The van der Waals surface area contributed by atoms with E-state index in [1.54, 1.807) is 0 Å². The molecule has 138 valence electrons.